The van der Waals surface area contributed by atoms with Gasteiger partial charge < -0.3 is 25.3 Å². The van der Waals surface area contributed by atoms with Gasteiger partial charge in [-0.2, -0.15) is 0 Å². The number of fused-ring (bicyclic) bond motifs is 2. The van der Waals surface area contributed by atoms with Crippen LogP contribution in [0.3, 0.4) is 0 Å². The average molecular weight is 448 g/mol. The first kappa shape index (κ1) is 21.3. The molecule has 2 N–H and O–H groups in total. The molecule has 0 aliphatic carbocycles. The Hall–Kier alpha value is -3.55. The van der Waals surface area contributed by atoms with Gasteiger partial charge in [0.15, 0.2) is 0 Å². The van der Waals surface area contributed by atoms with E-state index < -0.39 is 6.04 Å². The van der Waals surface area contributed by atoms with Gasteiger partial charge in [-0.25, -0.2) is 9.59 Å². The van der Waals surface area contributed by atoms with E-state index in [2.05, 4.69) is 10.6 Å². The van der Waals surface area contributed by atoms with Crippen molar-refractivity contribution in [2.75, 3.05) is 25.5 Å². The highest BCUT2D eigenvalue weighted by Gasteiger charge is 2.34. The van der Waals surface area contributed by atoms with E-state index in [0.717, 1.165) is 22.4 Å². The number of hydrogen-bond acceptors (Lipinski definition) is 3. The highest BCUT2D eigenvalue weighted by Crippen LogP contribution is 2.27. The average Bonchev–Trinajstić information content (AvgIpc) is 2.95. The Morgan fingerprint density at radius 2 is 1.61 bits per heavy atom. The number of benzene rings is 2. The molecule has 0 spiro atoms. The topological polar surface area (TPSA) is 85.0 Å². The lowest BCUT2D eigenvalue weighted by Gasteiger charge is -2.40. The summed E-state index contributed by atoms with van der Waals surface area (Å²) in [5.41, 5.74) is 4.19. The molecule has 1 unspecified atom stereocenters. The van der Waals surface area contributed by atoms with Crippen molar-refractivity contribution in [2.45, 2.75) is 44.4 Å². The van der Waals surface area contributed by atoms with Crippen molar-refractivity contribution in [1.82, 2.24) is 20.0 Å². The molecular weight excluding hydrogens is 418 g/mol. The summed E-state index contributed by atoms with van der Waals surface area (Å²) >= 11 is 0. The van der Waals surface area contributed by atoms with E-state index in [0.29, 0.717) is 45.4 Å². The summed E-state index contributed by atoms with van der Waals surface area (Å²) in [5.74, 6) is -0.0712. The molecule has 2 aromatic carbocycles. The number of hydrogen-bond donors (Lipinski definition) is 2. The summed E-state index contributed by atoms with van der Waals surface area (Å²) < 4.78 is 0. The van der Waals surface area contributed by atoms with Crippen molar-refractivity contribution in [3.05, 3.63) is 65.2 Å². The predicted octanol–water partition coefficient (Wildman–Crippen LogP) is 2.79. The van der Waals surface area contributed by atoms with Crippen molar-refractivity contribution >= 4 is 23.7 Å². The molecule has 5 amide bonds. The van der Waals surface area contributed by atoms with Crippen LogP contribution >= 0.6 is 0 Å². The van der Waals surface area contributed by atoms with E-state index in [1.165, 1.54) is 0 Å². The van der Waals surface area contributed by atoms with Crippen LogP contribution in [0, 0.1) is 0 Å². The lowest BCUT2D eigenvalue weighted by Crippen LogP contribution is -2.55. The molecule has 33 heavy (non-hydrogen) atoms. The van der Waals surface area contributed by atoms with E-state index in [4.69, 9.17) is 0 Å². The lowest BCUT2D eigenvalue weighted by atomic mass is 10.0. The first-order valence-electron chi connectivity index (χ1n) is 11.5. The number of anilines is 1. The predicted molar refractivity (Wildman–Crippen MR) is 125 cm³/mol. The number of likely N-dealkylation sites (tertiary alicyclic amines) is 1. The highest BCUT2D eigenvalue weighted by molar-refractivity contribution is 5.92. The van der Waals surface area contributed by atoms with Gasteiger partial charge >= 0.3 is 12.1 Å². The van der Waals surface area contributed by atoms with Crippen molar-refractivity contribution < 1.29 is 14.4 Å². The first-order valence-corrected chi connectivity index (χ1v) is 11.5. The molecule has 8 nitrogen and oxygen atoms in total. The van der Waals surface area contributed by atoms with Crippen LogP contribution in [0.25, 0.3) is 0 Å². The first-order chi connectivity index (χ1) is 16.0. The molecule has 1 atom stereocenters. The van der Waals surface area contributed by atoms with Crippen LogP contribution in [-0.4, -0.2) is 64.9 Å². The molecule has 172 valence electrons. The maximum atomic E-state index is 13.0. The summed E-state index contributed by atoms with van der Waals surface area (Å²) in [5, 5.41) is 5.94. The summed E-state index contributed by atoms with van der Waals surface area (Å²) in [6.07, 6.45) is 1.92. The molecular formula is C25H29N5O3. The van der Waals surface area contributed by atoms with Crippen LogP contribution in [0.1, 0.15) is 29.5 Å². The van der Waals surface area contributed by atoms with Gasteiger partial charge in [0.05, 0.1) is 0 Å². The van der Waals surface area contributed by atoms with Gasteiger partial charge in [0.1, 0.15) is 6.04 Å². The monoisotopic (exact) mass is 447 g/mol. The number of para-hydroxylation sites is 1. The molecule has 8 heteroatoms. The van der Waals surface area contributed by atoms with Gasteiger partial charge in [-0.05, 0) is 35.6 Å². The van der Waals surface area contributed by atoms with Gasteiger partial charge in [0.25, 0.3) is 0 Å². The number of nitrogens with zero attached hydrogens (tertiary/aromatic N) is 3. The summed E-state index contributed by atoms with van der Waals surface area (Å²) in [4.78, 5) is 43.8. The van der Waals surface area contributed by atoms with E-state index >= 15 is 0 Å². The zero-order valence-corrected chi connectivity index (χ0v) is 18.8. The highest BCUT2D eigenvalue weighted by atomic mass is 16.2. The number of piperidine rings is 1. The van der Waals surface area contributed by atoms with Gasteiger partial charge in [0.2, 0.25) is 5.91 Å². The minimum atomic E-state index is -0.576. The van der Waals surface area contributed by atoms with E-state index in [9.17, 15) is 14.4 Å². The van der Waals surface area contributed by atoms with Crippen molar-refractivity contribution in [1.29, 1.82) is 0 Å². The summed E-state index contributed by atoms with van der Waals surface area (Å²) in [7, 11) is 1.77. The molecule has 0 saturated carbocycles. The number of urea groups is 2. The number of carbonyl (C=O) groups excluding carboxylic acids is 3. The smallest absolute Gasteiger partial charge is 0.322 e. The molecule has 3 heterocycles. The largest absolute Gasteiger partial charge is 0.340 e. The summed E-state index contributed by atoms with van der Waals surface area (Å²) in [6, 6.07) is 15.0. The SMILES string of the molecule is CN1Cc2ccccc2CC(NC(=O)N2CCC(N3Cc4ccccc4NC3=O)CC2)C1=O. The van der Waals surface area contributed by atoms with Crippen LogP contribution in [0.15, 0.2) is 48.5 Å². The third-order valence-electron chi connectivity index (χ3n) is 6.97. The quantitative estimate of drug-likeness (QED) is 0.743. The van der Waals surface area contributed by atoms with Gasteiger partial charge in [-0.3, -0.25) is 4.79 Å². The zero-order chi connectivity index (χ0) is 22.9. The summed E-state index contributed by atoms with van der Waals surface area (Å²) in [6.45, 7) is 2.24. The Labute approximate surface area is 193 Å². The van der Waals surface area contributed by atoms with Gasteiger partial charge in [-0.1, -0.05) is 42.5 Å². The van der Waals surface area contributed by atoms with Gasteiger partial charge in [-0.15, -0.1) is 0 Å². The second kappa shape index (κ2) is 8.77. The van der Waals surface area contributed by atoms with Crippen LogP contribution in [-0.2, 0) is 24.3 Å². The number of amides is 5. The number of nitrogens with one attached hydrogen (secondary N) is 2. The van der Waals surface area contributed by atoms with Gasteiger partial charge in [0, 0.05) is 51.4 Å². The Balaban J connectivity index is 1.20. The second-order valence-electron chi connectivity index (χ2n) is 9.10. The molecule has 1 fully saturated rings. The molecule has 1 saturated heterocycles. The van der Waals surface area contributed by atoms with Crippen molar-refractivity contribution in [3.63, 3.8) is 0 Å². The lowest BCUT2D eigenvalue weighted by molar-refractivity contribution is -0.132. The number of likely N-dealkylation sites (N-methyl/N-ethyl adjacent to an activating group) is 1. The van der Waals surface area contributed by atoms with E-state index in [-0.39, 0.29) is 24.0 Å². The molecule has 3 aliphatic heterocycles. The Morgan fingerprint density at radius 1 is 0.939 bits per heavy atom. The second-order valence-corrected chi connectivity index (χ2v) is 9.10. The molecule has 3 aliphatic rings. The Morgan fingerprint density at radius 3 is 2.36 bits per heavy atom. The molecule has 5 rings (SSSR count). The maximum Gasteiger partial charge on any atom is 0.322 e. The minimum absolute atomic E-state index is 0.0712. The standard InChI is InChI=1S/C25H29N5O3/c1-28-15-18-7-3-2-6-17(18)14-22(23(28)31)27-24(32)29-12-10-20(11-13-29)30-16-19-8-4-5-9-21(19)26-25(30)33/h2-9,20,22H,10-16H2,1H3,(H,26,33)(H,27,32). The van der Waals surface area contributed by atoms with Crippen LogP contribution in [0.4, 0.5) is 15.3 Å². The normalized spacial score (nSPS) is 21.1. The molecule has 0 bridgehead atoms. The van der Waals surface area contributed by atoms with Crippen LogP contribution < -0.4 is 10.6 Å². The number of carbonyl (C=O) groups is 3. The fraction of sp³-hybridized carbons (Fsp3) is 0.400. The van der Waals surface area contributed by atoms with E-state index in [1.54, 1.807) is 16.8 Å². The maximum absolute atomic E-state index is 13.0. The third kappa shape index (κ3) is 4.25. The Kier molecular flexibility index (Phi) is 5.66. The fourth-order valence-electron chi connectivity index (χ4n) is 5.07. The fourth-order valence-corrected chi connectivity index (χ4v) is 5.07. The number of rotatable bonds is 2. The third-order valence-corrected chi connectivity index (χ3v) is 6.97. The Bertz CT molecular complexity index is 1080. The molecule has 0 aromatic heterocycles. The van der Waals surface area contributed by atoms with Crippen LogP contribution in [0.5, 0.6) is 0 Å². The zero-order valence-electron chi connectivity index (χ0n) is 18.8. The van der Waals surface area contributed by atoms with Crippen molar-refractivity contribution in [2.24, 2.45) is 0 Å². The molecule has 2 aromatic rings. The van der Waals surface area contributed by atoms with Crippen LogP contribution in [0.2, 0.25) is 0 Å². The molecule has 0 radical (unpaired) electrons. The van der Waals surface area contributed by atoms with Crippen molar-refractivity contribution in [3.8, 4) is 0 Å². The van der Waals surface area contributed by atoms with E-state index in [1.807, 2.05) is 53.4 Å². The minimum Gasteiger partial charge on any atom is -0.340 e.